The molecule has 3 heteroatoms. The van der Waals surface area contributed by atoms with Gasteiger partial charge in [0, 0.05) is 11.3 Å². The van der Waals surface area contributed by atoms with Crippen LogP contribution in [0.25, 0.3) is 16.9 Å². The van der Waals surface area contributed by atoms with Gasteiger partial charge >= 0.3 is 0 Å². The third-order valence-corrected chi connectivity index (χ3v) is 3.25. The molecule has 18 heavy (non-hydrogen) atoms. The molecule has 0 saturated heterocycles. The van der Waals surface area contributed by atoms with Crippen molar-refractivity contribution in [3.8, 4) is 11.3 Å². The van der Waals surface area contributed by atoms with Crippen LogP contribution >= 0.6 is 0 Å². The summed E-state index contributed by atoms with van der Waals surface area (Å²) in [6.45, 7) is 8.16. The van der Waals surface area contributed by atoms with Crippen molar-refractivity contribution in [1.82, 2.24) is 9.38 Å². The smallest absolute Gasteiger partial charge is 0.137 e. The summed E-state index contributed by atoms with van der Waals surface area (Å²) in [6, 6.07) is 6.33. The molecule has 0 aliphatic heterocycles. The number of pyridine rings is 1. The maximum absolute atomic E-state index is 5.61. The number of aryl methyl sites for hydroxylation is 4. The van der Waals surface area contributed by atoms with Gasteiger partial charge in [0.25, 0.3) is 0 Å². The van der Waals surface area contributed by atoms with Crippen molar-refractivity contribution in [2.24, 2.45) is 0 Å². The molecule has 0 spiro atoms. The van der Waals surface area contributed by atoms with Crippen molar-refractivity contribution < 1.29 is 4.42 Å². The quantitative estimate of drug-likeness (QED) is 0.647. The van der Waals surface area contributed by atoms with Gasteiger partial charge in [-0.15, -0.1) is 0 Å². The minimum Gasteiger partial charge on any atom is -0.466 e. The Morgan fingerprint density at radius 3 is 2.50 bits per heavy atom. The van der Waals surface area contributed by atoms with Crippen molar-refractivity contribution in [2.45, 2.75) is 27.7 Å². The number of furan rings is 1. The Labute approximate surface area is 106 Å². The minimum atomic E-state index is 0.933. The zero-order valence-electron chi connectivity index (χ0n) is 11.1. The molecule has 0 aliphatic rings. The predicted molar refractivity (Wildman–Crippen MR) is 71.8 cm³/mol. The molecule has 0 saturated carbocycles. The number of aromatic nitrogens is 2. The molecule has 0 radical (unpaired) electrons. The third kappa shape index (κ3) is 1.55. The fourth-order valence-electron chi connectivity index (χ4n) is 2.55. The Morgan fingerprint density at radius 1 is 1.06 bits per heavy atom. The van der Waals surface area contributed by atoms with E-state index in [4.69, 9.17) is 4.42 Å². The number of hydrogen-bond acceptors (Lipinski definition) is 2. The topological polar surface area (TPSA) is 30.4 Å². The zero-order chi connectivity index (χ0) is 12.9. The number of hydrogen-bond donors (Lipinski definition) is 0. The molecule has 0 bridgehead atoms. The van der Waals surface area contributed by atoms with Gasteiger partial charge in [0.2, 0.25) is 0 Å². The van der Waals surface area contributed by atoms with Gasteiger partial charge in [0.05, 0.1) is 11.9 Å². The number of fused-ring (bicyclic) bond motifs is 1. The summed E-state index contributed by atoms with van der Waals surface area (Å²) in [7, 11) is 0. The monoisotopic (exact) mass is 240 g/mol. The van der Waals surface area contributed by atoms with Crippen molar-refractivity contribution >= 4 is 5.65 Å². The van der Waals surface area contributed by atoms with Gasteiger partial charge in [-0.05, 0) is 51.5 Å². The maximum atomic E-state index is 5.61. The number of rotatable bonds is 1. The van der Waals surface area contributed by atoms with E-state index in [1.165, 1.54) is 11.3 Å². The van der Waals surface area contributed by atoms with Crippen molar-refractivity contribution in [1.29, 1.82) is 0 Å². The van der Waals surface area contributed by atoms with Gasteiger partial charge in [-0.2, -0.15) is 0 Å². The van der Waals surface area contributed by atoms with E-state index in [1.807, 2.05) is 20.0 Å². The molecule has 3 nitrogen and oxygen atoms in total. The first-order chi connectivity index (χ1) is 8.56. The first-order valence-electron chi connectivity index (χ1n) is 6.08. The van der Waals surface area contributed by atoms with Gasteiger partial charge in [0.15, 0.2) is 0 Å². The van der Waals surface area contributed by atoms with E-state index >= 15 is 0 Å². The summed E-state index contributed by atoms with van der Waals surface area (Å²) in [5, 5.41) is 0. The van der Waals surface area contributed by atoms with Gasteiger partial charge in [-0.1, -0.05) is 0 Å². The van der Waals surface area contributed by atoms with Crippen molar-refractivity contribution in [3.05, 3.63) is 47.2 Å². The van der Waals surface area contributed by atoms with Crippen LogP contribution in [0.5, 0.6) is 0 Å². The van der Waals surface area contributed by atoms with Crippen LogP contribution < -0.4 is 0 Å². The minimum absolute atomic E-state index is 0.933. The fraction of sp³-hybridized carbons (Fsp3) is 0.267. The molecule has 0 aromatic carbocycles. The van der Waals surface area contributed by atoms with Gasteiger partial charge in [0.1, 0.15) is 17.2 Å². The lowest BCUT2D eigenvalue weighted by atomic mass is 10.2. The summed E-state index contributed by atoms with van der Waals surface area (Å²) in [5.74, 6) is 1.87. The lowest BCUT2D eigenvalue weighted by molar-refractivity contribution is 0.505. The highest BCUT2D eigenvalue weighted by Gasteiger charge is 2.13. The lowest BCUT2D eigenvalue weighted by Crippen LogP contribution is -1.94. The van der Waals surface area contributed by atoms with Crippen LogP contribution in [-0.4, -0.2) is 9.38 Å². The maximum Gasteiger partial charge on any atom is 0.137 e. The van der Waals surface area contributed by atoms with Gasteiger partial charge in [-0.3, -0.25) is 4.40 Å². The summed E-state index contributed by atoms with van der Waals surface area (Å²) >= 11 is 0. The highest BCUT2D eigenvalue weighted by atomic mass is 16.3. The molecule has 0 amide bonds. The van der Waals surface area contributed by atoms with Crippen LogP contribution in [-0.2, 0) is 0 Å². The Bertz CT molecular complexity index is 734. The van der Waals surface area contributed by atoms with E-state index in [0.29, 0.717) is 0 Å². The van der Waals surface area contributed by atoms with Crippen LogP contribution in [0, 0.1) is 27.7 Å². The SMILES string of the molecule is Cc1cc(C)n2c(-c3cc(C)oc3C)cnc2c1. The van der Waals surface area contributed by atoms with Crippen LogP contribution in [0.1, 0.15) is 22.8 Å². The Balaban J connectivity index is 2.34. The molecule has 3 aromatic heterocycles. The highest BCUT2D eigenvalue weighted by molar-refractivity contribution is 5.66. The van der Waals surface area contributed by atoms with E-state index in [9.17, 15) is 0 Å². The molecule has 0 unspecified atom stereocenters. The Kier molecular flexibility index (Phi) is 2.30. The van der Waals surface area contributed by atoms with E-state index in [2.05, 4.69) is 41.4 Å². The Hall–Kier alpha value is -2.03. The Morgan fingerprint density at radius 2 is 1.83 bits per heavy atom. The molecule has 92 valence electrons. The van der Waals surface area contributed by atoms with E-state index in [0.717, 1.165) is 28.4 Å². The second-order valence-electron chi connectivity index (χ2n) is 4.84. The van der Waals surface area contributed by atoms with E-state index in [-0.39, 0.29) is 0 Å². The molecule has 0 fully saturated rings. The van der Waals surface area contributed by atoms with Crippen molar-refractivity contribution in [2.75, 3.05) is 0 Å². The molecule has 0 N–H and O–H groups in total. The fourth-order valence-corrected chi connectivity index (χ4v) is 2.55. The van der Waals surface area contributed by atoms with E-state index in [1.54, 1.807) is 0 Å². The van der Waals surface area contributed by atoms with Crippen LogP contribution in [0.4, 0.5) is 0 Å². The van der Waals surface area contributed by atoms with Crippen LogP contribution in [0.3, 0.4) is 0 Å². The molecule has 3 rings (SSSR count). The van der Waals surface area contributed by atoms with Crippen LogP contribution in [0.15, 0.2) is 28.8 Å². The molecule has 0 atom stereocenters. The lowest BCUT2D eigenvalue weighted by Gasteiger charge is -2.05. The second-order valence-corrected chi connectivity index (χ2v) is 4.84. The van der Waals surface area contributed by atoms with Gasteiger partial charge < -0.3 is 4.42 Å². The average Bonchev–Trinajstić information content (AvgIpc) is 2.81. The normalized spacial score (nSPS) is 11.3. The molecule has 0 aliphatic carbocycles. The molecule has 3 aromatic rings. The first kappa shape index (κ1) is 11.1. The summed E-state index contributed by atoms with van der Waals surface area (Å²) in [5.41, 5.74) is 5.62. The van der Waals surface area contributed by atoms with Gasteiger partial charge in [-0.25, -0.2) is 4.98 Å². The molecular weight excluding hydrogens is 224 g/mol. The van der Waals surface area contributed by atoms with E-state index < -0.39 is 0 Å². The largest absolute Gasteiger partial charge is 0.466 e. The summed E-state index contributed by atoms with van der Waals surface area (Å²) in [6.07, 6.45) is 1.92. The average molecular weight is 240 g/mol. The third-order valence-electron chi connectivity index (χ3n) is 3.25. The second kappa shape index (κ2) is 3.73. The molecule has 3 heterocycles. The number of imidazole rings is 1. The zero-order valence-corrected chi connectivity index (χ0v) is 11.1. The van der Waals surface area contributed by atoms with Crippen LogP contribution in [0.2, 0.25) is 0 Å². The summed E-state index contributed by atoms with van der Waals surface area (Å²) in [4.78, 5) is 4.49. The number of nitrogens with zero attached hydrogens (tertiary/aromatic N) is 2. The molecular formula is C15H16N2O. The first-order valence-corrected chi connectivity index (χ1v) is 6.08. The highest BCUT2D eigenvalue weighted by Crippen LogP contribution is 2.28. The van der Waals surface area contributed by atoms with Crippen molar-refractivity contribution in [3.63, 3.8) is 0 Å². The summed E-state index contributed by atoms with van der Waals surface area (Å²) < 4.78 is 7.78. The predicted octanol–water partition coefficient (Wildman–Crippen LogP) is 3.83. The standard InChI is InChI=1S/C15H16N2O/c1-9-5-10(2)17-14(8-16-15(17)6-9)13-7-11(3)18-12(13)4/h5-8H,1-4H3.